The summed E-state index contributed by atoms with van der Waals surface area (Å²) in [6.07, 6.45) is 1.24. The Morgan fingerprint density at radius 2 is 1.87 bits per heavy atom. The molecular weight excluding hydrogens is 386 g/mol. The maximum atomic E-state index is 12.1. The number of nitrogens with one attached hydrogen (secondary N) is 1. The van der Waals surface area contributed by atoms with E-state index >= 15 is 0 Å². The molecule has 0 unspecified atom stereocenters. The number of rotatable bonds is 6. The van der Waals surface area contributed by atoms with Crippen LogP contribution in [0, 0.1) is 24.0 Å². The number of benzene rings is 2. The first-order chi connectivity index (χ1) is 14.3. The van der Waals surface area contributed by atoms with Gasteiger partial charge in [-0.05, 0) is 43.2 Å². The van der Waals surface area contributed by atoms with Gasteiger partial charge in [0.05, 0.1) is 23.3 Å². The van der Waals surface area contributed by atoms with E-state index in [4.69, 9.17) is 4.74 Å². The molecule has 9 heteroatoms. The van der Waals surface area contributed by atoms with Crippen molar-refractivity contribution in [3.8, 4) is 0 Å². The summed E-state index contributed by atoms with van der Waals surface area (Å²) in [4.78, 5) is 33.3. The number of esters is 1. The van der Waals surface area contributed by atoms with Gasteiger partial charge in [-0.15, -0.1) is 0 Å². The molecule has 0 bridgehead atoms. The standard InChI is InChI=1S/C21H21N5O4/c1-13-8-7-10-16(14(13)2)24-19-18(26(28)29)20(23-12-22-19)25(3)17-11-6-5-9-15(17)21(27)30-4/h5-12H,1-4H3,(H,22,23,24). The average molecular weight is 407 g/mol. The molecule has 3 aromatic rings. The van der Waals surface area contributed by atoms with Crippen LogP contribution in [0.4, 0.5) is 28.7 Å². The van der Waals surface area contributed by atoms with Gasteiger partial charge in [-0.25, -0.2) is 14.8 Å². The molecule has 0 aliphatic rings. The number of aromatic nitrogens is 2. The van der Waals surface area contributed by atoms with Crippen molar-refractivity contribution in [1.82, 2.24) is 9.97 Å². The second-order valence-corrected chi connectivity index (χ2v) is 6.59. The van der Waals surface area contributed by atoms with Crippen molar-refractivity contribution < 1.29 is 14.5 Å². The number of hydrogen-bond donors (Lipinski definition) is 1. The summed E-state index contributed by atoms with van der Waals surface area (Å²) in [5.41, 5.74) is 3.08. The third-order valence-corrected chi connectivity index (χ3v) is 4.83. The first-order valence-electron chi connectivity index (χ1n) is 9.08. The first-order valence-corrected chi connectivity index (χ1v) is 9.08. The Bertz CT molecular complexity index is 1120. The van der Waals surface area contributed by atoms with Gasteiger partial charge in [0.1, 0.15) is 6.33 Å². The predicted molar refractivity (Wildman–Crippen MR) is 114 cm³/mol. The Kier molecular flexibility index (Phi) is 5.91. The molecular formula is C21H21N5O4. The Labute approximate surface area is 173 Å². The van der Waals surface area contributed by atoms with Crippen LogP contribution < -0.4 is 10.2 Å². The number of para-hydroxylation sites is 1. The molecule has 3 rings (SSSR count). The van der Waals surface area contributed by atoms with E-state index in [0.717, 1.165) is 11.1 Å². The summed E-state index contributed by atoms with van der Waals surface area (Å²) in [5.74, 6) is -0.455. The van der Waals surface area contributed by atoms with E-state index in [0.29, 0.717) is 11.4 Å². The number of nitro groups is 1. The molecule has 0 aliphatic carbocycles. The van der Waals surface area contributed by atoms with Gasteiger partial charge in [0.2, 0.25) is 11.6 Å². The van der Waals surface area contributed by atoms with Crippen LogP contribution in [0.2, 0.25) is 0 Å². The van der Waals surface area contributed by atoms with Crippen LogP contribution in [-0.2, 0) is 4.74 Å². The van der Waals surface area contributed by atoms with Crippen molar-refractivity contribution in [2.24, 2.45) is 0 Å². The second-order valence-electron chi connectivity index (χ2n) is 6.59. The first kappa shape index (κ1) is 20.7. The lowest BCUT2D eigenvalue weighted by Crippen LogP contribution is -2.18. The van der Waals surface area contributed by atoms with Crippen LogP contribution in [-0.4, -0.2) is 35.0 Å². The number of methoxy groups -OCH3 is 1. The molecule has 154 valence electrons. The largest absolute Gasteiger partial charge is 0.465 e. The number of anilines is 4. The van der Waals surface area contributed by atoms with Crippen LogP contribution in [0.3, 0.4) is 0 Å². The van der Waals surface area contributed by atoms with Gasteiger partial charge in [-0.3, -0.25) is 10.1 Å². The van der Waals surface area contributed by atoms with Gasteiger partial charge in [0.15, 0.2) is 0 Å². The fourth-order valence-electron chi connectivity index (χ4n) is 3.05. The lowest BCUT2D eigenvalue weighted by molar-refractivity contribution is -0.383. The third kappa shape index (κ3) is 3.90. The summed E-state index contributed by atoms with van der Waals surface area (Å²) in [7, 11) is 2.87. The third-order valence-electron chi connectivity index (χ3n) is 4.83. The average Bonchev–Trinajstić information content (AvgIpc) is 2.75. The highest BCUT2D eigenvalue weighted by Gasteiger charge is 2.28. The fourth-order valence-corrected chi connectivity index (χ4v) is 3.05. The van der Waals surface area contributed by atoms with Gasteiger partial charge >= 0.3 is 11.7 Å². The molecule has 0 fully saturated rings. The van der Waals surface area contributed by atoms with Crippen molar-refractivity contribution >= 4 is 34.7 Å². The van der Waals surface area contributed by atoms with Gasteiger partial charge in [0.25, 0.3) is 0 Å². The van der Waals surface area contributed by atoms with Gasteiger partial charge in [0, 0.05) is 12.7 Å². The fraction of sp³-hybridized carbons (Fsp3) is 0.190. The number of nitrogens with zero attached hydrogens (tertiary/aromatic N) is 4. The molecule has 0 radical (unpaired) electrons. The van der Waals surface area contributed by atoms with Crippen LogP contribution in [0.25, 0.3) is 0 Å². The van der Waals surface area contributed by atoms with Crippen LogP contribution >= 0.6 is 0 Å². The predicted octanol–water partition coefficient (Wildman–Crippen LogP) is 4.30. The molecule has 9 nitrogen and oxygen atoms in total. The van der Waals surface area contributed by atoms with E-state index in [9.17, 15) is 14.9 Å². The summed E-state index contributed by atoms with van der Waals surface area (Å²) in [6.45, 7) is 3.88. The molecule has 0 saturated heterocycles. The lowest BCUT2D eigenvalue weighted by atomic mass is 10.1. The summed E-state index contributed by atoms with van der Waals surface area (Å²) in [6, 6.07) is 12.3. The van der Waals surface area contributed by atoms with E-state index < -0.39 is 10.9 Å². The Morgan fingerprint density at radius 1 is 1.13 bits per heavy atom. The van der Waals surface area contributed by atoms with Crippen molar-refractivity contribution in [2.45, 2.75) is 13.8 Å². The van der Waals surface area contributed by atoms with Gasteiger partial charge in [-0.2, -0.15) is 0 Å². The van der Waals surface area contributed by atoms with E-state index in [1.165, 1.54) is 18.3 Å². The second kappa shape index (κ2) is 8.56. The van der Waals surface area contributed by atoms with Crippen molar-refractivity contribution in [3.63, 3.8) is 0 Å². The van der Waals surface area contributed by atoms with Gasteiger partial charge < -0.3 is 15.0 Å². The van der Waals surface area contributed by atoms with E-state index in [2.05, 4.69) is 15.3 Å². The van der Waals surface area contributed by atoms with Crippen molar-refractivity contribution in [3.05, 3.63) is 75.6 Å². The SMILES string of the molecule is COC(=O)c1ccccc1N(C)c1ncnc(Nc2cccc(C)c2C)c1[N+](=O)[O-]. The minimum atomic E-state index is -0.553. The number of ether oxygens (including phenoxy) is 1. The highest BCUT2D eigenvalue weighted by Crippen LogP contribution is 2.37. The quantitative estimate of drug-likeness (QED) is 0.366. The number of aryl methyl sites for hydroxylation is 1. The molecule has 0 spiro atoms. The lowest BCUT2D eigenvalue weighted by Gasteiger charge is -2.21. The number of carbonyl (C=O) groups is 1. The molecule has 0 saturated carbocycles. The molecule has 0 atom stereocenters. The Morgan fingerprint density at radius 3 is 2.57 bits per heavy atom. The molecule has 30 heavy (non-hydrogen) atoms. The van der Waals surface area contributed by atoms with E-state index in [-0.39, 0.29) is 22.9 Å². The minimum absolute atomic E-state index is 0.0409. The number of hydrogen-bond acceptors (Lipinski definition) is 8. The van der Waals surface area contributed by atoms with Crippen LogP contribution in [0.15, 0.2) is 48.8 Å². The summed E-state index contributed by atoms with van der Waals surface area (Å²) < 4.78 is 4.82. The van der Waals surface area contributed by atoms with Crippen LogP contribution in [0.5, 0.6) is 0 Å². The Hall–Kier alpha value is -4.01. The maximum Gasteiger partial charge on any atom is 0.354 e. The summed E-state index contributed by atoms with van der Waals surface area (Å²) in [5, 5.41) is 15.0. The monoisotopic (exact) mass is 407 g/mol. The van der Waals surface area contributed by atoms with E-state index in [1.54, 1.807) is 31.3 Å². The normalized spacial score (nSPS) is 10.4. The minimum Gasteiger partial charge on any atom is -0.465 e. The van der Waals surface area contributed by atoms with Gasteiger partial charge in [-0.1, -0.05) is 24.3 Å². The molecule has 0 amide bonds. The van der Waals surface area contributed by atoms with Crippen LogP contribution in [0.1, 0.15) is 21.5 Å². The van der Waals surface area contributed by atoms with E-state index in [1.807, 2.05) is 32.0 Å². The highest BCUT2D eigenvalue weighted by atomic mass is 16.6. The zero-order valence-corrected chi connectivity index (χ0v) is 17.0. The Balaban J connectivity index is 2.11. The summed E-state index contributed by atoms with van der Waals surface area (Å²) >= 11 is 0. The maximum absolute atomic E-state index is 12.1. The van der Waals surface area contributed by atoms with Crippen molar-refractivity contribution in [1.29, 1.82) is 0 Å². The zero-order chi connectivity index (χ0) is 21.8. The molecule has 2 aromatic carbocycles. The molecule has 1 heterocycles. The highest BCUT2D eigenvalue weighted by molar-refractivity contribution is 5.97. The number of carbonyl (C=O) groups excluding carboxylic acids is 1. The topological polar surface area (TPSA) is 110 Å². The molecule has 1 aromatic heterocycles. The molecule has 1 N–H and O–H groups in total. The smallest absolute Gasteiger partial charge is 0.354 e. The molecule has 0 aliphatic heterocycles. The van der Waals surface area contributed by atoms with Crippen molar-refractivity contribution in [2.75, 3.05) is 24.4 Å². The zero-order valence-electron chi connectivity index (χ0n) is 17.0.